The van der Waals surface area contributed by atoms with Crippen LogP contribution in [-0.4, -0.2) is 61.8 Å². The number of morpholine rings is 1. The molecule has 0 radical (unpaired) electrons. The van der Waals surface area contributed by atoms with Crippen LogP contribution in [0.25, 0.3) is 21.0 Å². The second-order valence-corrected chi connectivity index (χ2v) is 9.81. The molecule has 35 heavy (non-hydrogen) atoms. The van der Waals surface area contributed by atoms with E-state index in [1.807, 2.05) is 55.5 Å². The van der Waals surface area contributed by atoms with Crippen molar-refractivity contribution in [1.82, 2.24) is 9.88 Å². The molecule has 6 nitrogen and oxygen atoms in total. The Balaban J connectivity index is 0.00000289. The number of hydrogen-bond donors (Lipinski definition) is 0. The lowest BCUT2D eigenvalue weighted by Gasteiger charge is -2.29. The normalized spacial score (nSPS) is 14.1. The maximum absolute atomic E-state index is 13.4. The van der Waals surface area contributed by atoms with E-state index in [0.717, 1.165) is 59.4 Å². The molecule has 0 saturated carbocycles. The predicted molar refractivity (Wildman–Crippen MR) is 146 cm³/mol. The number of amides is 1. The lowest BCUT2D eigenvalue weighted by Crippen LogP contribution is -2.44. The average Bonchev–Trinajstić information content (AvgIpc) is 3.27. The molecule has 0 spiro atoms. The number of ether oxygens (including phenoxy) is 2. The number of halogens is 2. The Morgan fingerprint density at radius 3 is 2.71 bits per heavy atom. The predicted octanol–water partition coefficient (Wildman–Crippen LogP) is 5.58. The second kappa shape index (κ2) is 11.5. The maximum Gasteiger partial charge on any atom is 0.266 e. The molecular formula is C26H27Cl2N3O3S. The Hall–Kier alpha value is -2.42. The van der Waals surface area contributed by atoms with E-state index in [1.54, 1.807) is 4.90 Å². The SMILES string of the molecule is Cc1cc(Cl)cc2sc(N(CCN3CCOCC3)C(=O)COc3ccc4ccccc4c3)nc12.Cl. The molecule has 0 atom stereocenters. The van der Waals surface area contributed by atoms with E-state index in [9.17, 15) is 4.79 Å². The molecule has 184 valence electrons. The van der Waals surface area contributed by atoms with Gasteiger partial charge in [-0.15, -0.1) is 12.4 Å². The minimum Gasteiger partial charge on any atom is -0.484 e. The van der Waals surface area contributed by atoms with E-state index in [0.29, 0.717) is 22.4 Å². The summed E-state index contributed by atoms with van der Waals surface area (Å²) in [5.74, 6) is 0.552. The fraction of sp³-hybridized carbons (Fsp3) is 0.308. The molecule has 1 aliphatic rings. The number of carbonyl (C=O) groups excluding carboxylic acids is 1. The molecule has 0 aliphatic carbocycles. The van der Waals surface area contributed by atoms with E-state index < -0.39 is 0 Å². The van der Waals surface area contributed by atoms with Gasteiger partial charge in [-0.1, -0.05) is 53.3 Å². The first-order valence-corrected chi connectivity index (χ1v) is 12.5. The summed E-state index contributed by atoms with van der Waals surface area (Å²) in [7, 11) is 0. The molecule has 0 bridgehead atoms. The van der Waals surface area contributed by atoms with Crippen LogP contribution >= 0.6 is 35.3 Å². The quantitative estimate of drug-likeness (QED) is 0.311. The minimum absolute atomic E-state index is 0. The summed E-state index contributed by atoms with van der Waals surface area (Å²) in [6, 6.07) is 17.8. The second-order valence-electron chi connectivity index (χ2n) is 8.36. The Morgan fingerprint density at radius 1 is 1.14 bits per heavy atom. The zero-order valence-electron chi connectivity index (χ0n) is 19.4. The molecule has 3 aromatic carbocycles. The van der Waals surface area contributed by atoms with Crippen molar-refractivity contribution in [2.45, 2.75) is 6.92 Å². The van der Waals surface area contributed by atoms with E-state index in [2.05, 4.69) is 11.0 Å². The Morgan fingerprint density at radius 2 is 1.91 bits per heavy atom. The molecule has 0 N–H and O–H groups in total. The minimum atomic E-state index is -0.121. The molecule has 1 saturated heterocycles. The van der Waals surface area contributed by atoms with Gasteiger partial charge in [0.2, 0.25) is 0 Å². The van der Waals surface area contributed by atoms with Crippen LogP contribution in [0.2, 0.25) is 5.02 Å². The summed E-state index contributed by atoms with van der Waals surface area (Å²) in [6.45, 7) is 6.38. The largest absolute Gasteiger partial charge is 0.484 e. The van der Waals surface area contributed by atoms with Crippen LogP contribution in [0.5, 0.6) is 5.75 Å². The molecule has 1 amide bonds. The third kappa shape index (κ3) is 6.05. The Kier molecular flexibility index (Phi) is 8.46. The molecule has 1 aliphatic heterocycles. The number of aromatic nitrogens is 1. The van der Waals surface area contributed by atoms with Crippen LogP contribution in [0.15, 0.2) is 54.6 Å². The molecule has 9 heteroatoms. The number of fused-ring (bicyclic) bond motifs is 2. The molecule has 1 fully saturated rings. The Labute approximate surface area is 219 Å². The van der Waals surface area contributed by atoms with E-state index in [-0.39, 0.29) is 24.9 Å². The number of carbonyl (C=O) groups is 1. The highest BCUT2D eigenvalue weighted by Crippen LogP contribution is 2.33. The number of nitrogens with zero attached hydrogens (tertiary/aromatic N) is 3. The highest BCUT2D eigenvalue weighted by atomic mass is 35.5. The van der Waals surface area contributed by atoms with Gasteiger partial charge < -0.3 is 9.47 Å². The molecule has 1 aromatic heterocycles. The summed E-state index contributed by atoms with van der Waals surface area (Å²) in [4.78, 5) is 22.2. The smallest absolute Gasteiger partial charge is 0.266 e. The number of hydrogen-bond acceptors (Lipinski definition) is 6. The van der Waals surface area contributed by atoms with Crippen molar-refractivity contribution in [3.8, 4) is 5.75 Å². The van der Waals surface area contributed by atoms with Gasteiger partial charge in [-0.05, 0) is 47.5 Å². The lowest BCUT2D eigenvalue weighted by atomic mass is 10.1. The van der Waals surface area contributed by atoms with Crippen LogP contribution in [0.3, 0.4) is 0 Å². The number of aryl methyl sites for hydroxylation is 1. The van der Waals surface area contributed by atoms with Gasteiger partial charge >= 0.3 is 0 Å². The number of benzene rings is 3. The summed E-state index contributed by atoms with van der Waals surface area (Å²) in [5, 5.41) is 3.55. The highest BCUT2D eigenvalue weighted by Gasteiger charge is 2.23. The van der Waals surface area contributed by atoms with Crippen LogP contribution in [0.4, 0.5) is 5.13 Å². The van der Waals surface area contributed by atoms with Crippen molar-refractivity contribution >= 4 is 67.4 Å². The number of thiazole rings is 1. The first-order chi connectivity index (χ1) is 16.6. The molecular weight excluding hydrogens is 505 g/mol. The third-order valence-electron chi connectivity index (χ3n) is 6.00. The zero-order chi connectivity index (χ0) is 23.5. The fourth-order valence-electron chi connectivity index (χ4n) is 4.13. The summed E-state index contributed by atoms with van der Waals surface area (Å²) >= 11 is 7.74. The summed E-state index contributed by atoms with van der Waals surface area (Å²) < 4.78 is 12.3. The van der Waals surface area contributed by atoms with Gasteiger partial charge in [0, 0.05) is 31.2 Å². The first-order valence-electron chi connectivity index (χ1n) is 11.4. The standard InChI is InChI=1S/C26H26ClN3O3S.ClH/c1-18-14-21(27)16-23-25(18)28-26(34-23)30(9-8-29-10-12-32-13-11-29)24(31)17-33-22-7-6-19-4-2-3-5-20(19)15-22;/h2-7,14-16H,8-13,17H2,1H3;1H. The van der Waals surface area contributed by atoms with Gasteiger partial charge in [-0.25, -0.2) is 4.98 Å². The summed E-state index contributed by atoms with van der Waals surface area (Å²) in [5.41, 5.74) is 1.88. The Bertz CT molecular complexity index is 1320. The topological polar surface area (TPSA) is 54.9 Å². The van der Waals surface area contributed by atoms with Gasteiger partial charge in [-0.3, -0.25) is 14.6 Å². The van der Waals surface area contributed by atoms with Gasteiger partial charge in [0.15, 0.2) is 11.7 Å². The first kappa shape index (κ1) is 25.7. The molecule has 4 aromatic rings. The van der Waals surface area contributed by atoms with E-state index in [4.69, 9.17) is 26.1 Å². The lowest BCUT2D eigenvalue weighted by molar-refractivity contribution is -0.120. The van der Waals surface area contributed by atoms with Crippen molar-refractivity contribution in [3.63, 3.8) is 0 Å². The van der Waals surface area contributed by atoms with E-state index >= 15 is 0 Å². The van der Waals surface area contributed by atoms with Crippen molar-refractivity contribution in [1.29, 1.82) is 0 Å². The highest BCUT2D eigenvalue weighted by molar-refractivity contribution is 7.22. The molecule has 5 rings (SSSR count). The van der Waals surface area contributed by atoms with Crippen LogP contribution in [0.1, 0.15) is 5.56 Å². The van der Waals surface area contributed by atoms with Gasteiger partial charge in [0.05, 0.1) is 23.4 Å². The van der Waals surface area contributed by atoms with Crippen molar-refractivity contribution in [3.05, 3.63) is 65.2 Å². The van der Waals surface area contributed by atoms with Crippen LogP contribution in [0, 0.1) is 6.92 Å². The maximum atomic E-state index is 13.4. The van der Waals surface area contributed by atoms with Crippen molar-refractivity contribution in [2.24, 2.45) is 0 Å². The van der Waals surface area contributed by atoms with Crippen molar-refractivity contribution < 1.29 is 14.3 Å². The van der Waals surface area contributed by atoms with Gasteiger partial charge in [0.25, 0.3) is 5.91 Å². The zero-order valence-corrected chi connectivity index (χ0v) is 21.8. The molecule has 0 unspecified atom stereocenters. The fourth-order valence-corrected chi connectivity index (χ4v) is 5.60. The number of anilines is 1. The van der Waals surface area contributed by atoms with Crippen LogP contribution < -0.4 is 9.64 Å². The molecule has 2 heterocycles. The number of rotatable bonds is 7. The van der Waals surface area contributed by atoms with Crippen LogP contribution in [-0.2, 0) is 9.53 Å². The monoisotopic (exact) mass is 531 g/mol. The van der Waals surface area contributed by atoms with E-state index in [1.165, 1.54) is 11.3 Å². The van der Waals surface area contributed by atoms with Gasteiger partial charge in [-0.2, -0.15) is 0 Å². The third-order valence-corrected chi connectivity index (χ3v) is 7.24. The average molecular weight is 532 g/mol. The van der Waals surface area contributed by atoms with Gasteiger partial charge in [0.1, 0.15) is 5.75 Å². The summed E-state index contributed by atoms with van der Waals surface area (Å²) in [6.07, 6.45) is 0. The van der Waals surface area contributed by atoms with Crippen molar-refractivity contribution in [2.75, 3.05) is 50.9 Å².